The number of aliphatic hydroxyl groups excluding tert-OH is 20. The van der Waals surface area contributed by atoms with Crippen molar-refractivity contribution < 1.29 is 226 Å². The summed E-state index contributed by atoms with van der Waals surface area (Å²) in [5.41, 5.74) is 18.0. The molecule has 23 aliphatic rings. The number of amides is 11. The van der Waals surface area contributed by atoms with E-state index in [1.165, 1.54) is 24.3 Å². The SMILES string of the molecule is CC[C@H](C)[C@@H]1NC(=O)[C@H](Cc2ccc(O)cc2)NC(=O)[C@H](N)CSSC[C@@H](C(=O)N2CCC[C@H]2C(=O)N[C@@H](CC(C)C)C(=O)NCC(=O)NC[C@H]2O[C@@H]3O[C@H]4[C@H](O)[C@@H](O)[C@@H](O[C@H]5[C@H](O)[C@@H](O)[C@@H](O[C@H]6[C@H](O)[C@@H](O)[C@@H](O[C@H]7[C@H](O)[C@@H](O)[C@@H](O[C@H]8[C@H](O)[C@@H](O)[C@@H](O[C@H]9[C@H](O)[C@@H](O)[C@@H](O[C@H]2[C@H](O)[C@H]3O)O[C@@H]9CO)O[C@@H]8CO)O[C@@H]7CO)O[C@@H]6CO)O[C@@H]5CO)O[C@@H]4CO)NC(=O)[C@H](CC(N)=O)NC(=O)[C@H](CCC(N)=O)NC1=O. The van der Waals surface area contributed by atoms with Crippen molar-refractivity contribution in [2.75, 3.05) is 70.8 Å². The lowest BCUT2D eigenvalue weighted by Gasteiger charge is -2.50. The van der Waals surface area contributed by atoms with E-state index in [1.807, 2.05) is 0 Å². The van der Waals surface area contributed by atoms with Gasteiger partial charge in [0.1, 0.15) is 219 Å². The van der Waals surface area contributed by atoms with Crippen LogP contribution >= 0.6 is 21.6 Å². The zero-order valence-electron chi connectivity index (χ0n) is 78.8. The van der Waals surface area contributed by atoms with Crippen LogP contribution in [0.3, 0.4) is 0 Å². The number of nitrogens with one attached hydrogen (secondary N) is 8. The van der Waals surface area contributed by atoms with Gasteiger partial charge in [-0.05, 0) is 55.2 Å². The summed E-state index contributed by atoms with van der Waals surface area (Å²) in [6, 6.07) is -6.99. The first kappa shape index (κ1) is 118. The maximum absolute atomic E-state index is 15.2. The molecular weight excluding hydrogens is 1990 g/mol. The molecule has 1 aromatic rings. The van der Waals surface area contributed by atoms with Gasteiger partial charge in [-0.3, -0.25) is 52.7 Å². The standard InChI is InChI=1S/C85H134N12O46S2/c1-5-29(4)49-77(128)91-33(12-13-46(87)105)73(124)93-36(17-47(88)106)74(125)95-37(27-145-144-26-32(86)71(122)92-35(75(126)96-49)16-30-8-10-31(104)11-9-30)78(129)97-14-6-7-38(97)76(127)94-34(15-28(2)3)72(123)90-19-48(107)89-18-39-64-50(108)57(115)79(130-39)138-65-40(20-98)132-81(59(117)52(65)110)140-67-42(22-100)134-83(61(119)54(67)112)142-69-44(24-102)136-85(63(121)56(69)114)143-70-45(25-103)135-84(62(120)55(70)113)141-68-43(23-101)133-82(60(118)53(68)111)139-66-41(21-99)131-80(137-64)58(116)51(66)109/h8-11,28-29,32-45,49-70,79-85,98-104,108-121H,5-7,12-27,86H2,1-4H3,(H2,87,105)(H2,88,106)(H,89,107)(H,90,123)(H,91,128)(H,92,122)(H,93,124)(H,94,127)(H,95,125)(H,96,126)/t29-,32+,33-,34-,35-,36-,37-,38-,39+,40+,41+,42+,43+,44+,45+,49-,50+,51+,52+,53+,54+,55+,56+,57+,58+,59+,60+,61+,62+,63+,64+,65+,66+,67+,68+,69+,70+,79+,80+,81+,82+,83+,84+,85+/m0/s1. The van der Waals surface area contributed by atoms with Crippen LogP contribution in [0.2, 0.25) is 0 Å². The van der Waals surface area contributed by atoms with E-state index in [9.17, 15) is 155 Å². The minimum absolute atomic E-state index is 0.0785. The molecule has 24 rings (SSSR count). The normalized spacial score (nSPS) is 41.0. The average Bonchev–Trinajstić information content (AvgIpc) is 1.52. The fraction of sp³-hybridized carbons (Fsp3) is 0.800. The van der Waals surface area contributed by atoms with Gasteiger partial charge in [0.05, 0.1) is 58.6 Å². The molecule has 1 aromatic carbocycles. The third-order valence-electron chi connectivity index (χ3n) is 26.4. The van der Waals surface area contributed by atoms with Gasteiger partial charge in [-0.2, -0.15) is 0 Å². The summed E-state index contributed by atoms with van der Waals surface area (Å²) in [5.74, 6) is -13.2. The topological polar surface area (TPSA) is 919 Å². The molecule has 44 atom stereocenters. The largest absolute Gasteiger partial charge is 0.508 e. The highest BCUT2D eigenvalue weighted by molar-refractivity contribution is 8.76. The lowest BCUT2D eigenvalue weighted by molar-refractivity contribution is -0.396. The van der Waals surface area contributed by atoms with Crippen LogP contribution in [-0.4, -0.2) is 511 Å². The monoisotopic (exact) mass is 2120 g/mol. The van der Waals surface area contributed by atoms with E-state index in [4.69, 9.17) is 83.5 Å². The van der Waals surface area contributed by atoms with E-state index in [-0.39, 0.29) is 50.2 Å². The highest BCUT2D eigenvalue weighted by Gasteiger charge is 2.61. The molecule has 23 aliphatic heterocycles. The number of primary amides is 2. The Morgan fingerprint density at radius 3 is 1.19 bits per heavy atom. The van der Waals surface area contributed by atoms with Crippen molar-refractivity contribution in [2.45, 2.75) is 342 Å². The molecule has 11 amide bonds. The smallest absolute Gasteiger partial charge is 0.246 e. The number of nitrogens with zero attached hydrogens (tertiary/aromatic N) is 1. The first-order valence-corrected chi connectivity index (χ1v) is 49.6. The van der Waals surface area contributed by atoms with Crippen molar-refractivity contribution in [3.8, 4) is 5.75 Å². The summed E-state index contributed by atoms with van der Waals surface area (Å²) in [7, 11) is 1.80. The van der Waals surface area contributed by atoms with Crippen LogP contribution in [0.15, 0.2) is 24.3 Å². The summed E-state index contributed by atoms with van der Waals surface area (Å²) in [6.07, 6.45) is -78.0. The Kier molecular flexibility index (Phi) is 43.4. The predicted molar refractivity (Wildman–Crippen MR) is 480 cm³/mol. The molecule has 822 valence electrons. The van der Waals surface area contributed by atoms with E-state index in [0.29, 0.717) is 5.56 Å². The molecule has 0 radical (unpaired) electrons. The van der Waals surface area contributed by atoms with E-state index in [2.05, 4.69) is 42.5 Å². The minimum Gasteiger partial charge on any atom is -0.508 e. The molecule has 35 N–H and O–H groups in total. The number of aromatic hydroxyl groups is 1. The molecule has 145 heavy (non-hydrogen) atoms. The summed E-state index contributed by atoms with van der Waals surface area (Å²) in [6.45, 7) is -2.50. The molecule has 23 saturated heterocycles. The molecule has 23 heterocycles. The fourth-order valence-corrected chi connectivity index (χ4v) is 20.3. The Bertz CT molecular complexity index is 4440. The van der Waals surface area contributed by atoms with Gasteiger partial charge < -0.3 is 238 Å². The van der Waals surface area contributed by atoms with Crippen LogP contribution in [0.5, 0.6) is 5.75 Å². The van der Waals surface area contributed by atoms with Gasteiger partial charge in [0, 0.05) is 37.4 Å². The van der Waals surface area contributed by atoms with Crippen molar-refractivity contribution in [2.24, 2.45) is 29.0 Å². The number of rotatable bonds is 25. The summed E-state index contributed by atoms with van der Waals surface area (Å²) in [5, 5.41) is 258. The van der Waals surface area contributed by atoms with Crippen molar-refractivity contribution in [3.05, 3.63) is 29.8 Å². The van der Waals surface area contributed by atoms with Crippen molar-refractivity contribution in [1.29, 1.82) is 0 Å². The predicted octanol–water partition coefficient (Wildman–Crippen LogP) is -18.2. The van der Waals surface area contributed by atoms with Gasteiger partial charge in [0.15, 0.2) is 44.0 Å². The number of nitrogens with two attached hydrogens (primary N) is 3. The van der Waals surface area contributed by atoms with Gasteiger partial charge in [-0.15, -0.1) is 0 Å². The molecular formula is C85H134N12O46S2. The molecule has 58 nitrogen and oxygen atoms in total. The van der Waals surface area contributed by atoms with Crippen LogP contribution in [-0.2, 0) is 125 Å². The van der Waals surface area contributed by atoms with E-state index in [1.54, 1.807) is 27.7 Å². The molecule has 0 spiro atoms. The number of hydrogen-bond donors (Lipinski definition) is 32. The second-order valence-electron chi connectivity index (χ2n) is 37.2. The second kappa shape index (κ2) is 53.5. The Balaban J connectivity index is 0.817. The number of hydrogen-bond acceptors (Lipinski definition) is 49. The maximum atomic E-state index is 15.2. The molecule has 0 unspecified atom stereocenters. The highest BCUT2D eigenvalue weighted by atomic mass is 33.1. The number of phenolic OH excluding ortho intramolecular Hbond substituents is 1. The third-order valence-corrected chi connectivity index (χ3v) is 28.8. The number of aliphatic hydroxyl groups is 20. The quantitative estimate of drug-likeness (QED) is 0.0404. The molecule has 23 fully saturated rings. The first-order chi connectivity index (χ1) is 68.8. The minimum atomic E-state index is -2.46. The average molecular weight is 2120 g/mol. The zero-order valence-corrected chi connectivity index (χ0v) is 80.5. The molecule has 0 saturated carbocycles. The number of likely N-dealkylation sites (tertiary alicyclic amines) is 1. The molecule has 0 aliphatic carbocycles. The number of ether oxygens (including phenoxy) is 14. The summed E-state index contributed by atoms with van der Waals surface area (Å²) >= 11 is 0. The van der Waals surface area contributed by atoms with Gasteiger partial charge >= 0.3 is 0 Å². The maximum Gasteiger partial charge on any atom is 0.246 e. The molecule has 60 heteroatoms. The highest BCUT2D eigenvalue weighted by Crippen LogP contribution is 2.41. The fourth-order valence-electron chi connectivity index (χ4n) is 18.0. The number of carbonyl (C=O) groups excluding carboxylic acids is 11. The second-order valence-corrected chi connectivity index (χ2v) is 39.8. The Morgan fingerprint density at radius 2 is 0.814 bits per heavy atom. The van der Waals surface area contributed by atoms with Crippen LogP contribution in [0, 0.1) is 11.8 Å². The van der Waals surface area contributed by atoms with Gasteiger partial charge in [0.2, 0.25) is 65.0 Å². The van der Waals surface area contributed by atoms with Crippen LogP contribution < -0.4 is 59.7 Å². The van der Waals surface area contributed by atoms with Crippen molar-refractivity contribution >= 4 is 86.6 Å². The van der Waals surface area contributed by atoms with Crippen molar-refractivity contribution in [3.63, 3.8) is 0 Å². The zero-order chi connectivity index (χ0) is 106. The van der Waals surface area contributed by atoms with Gasteiger partial charge in [-0.25, -0.2) is 0 Å². The Hall–Kier alpha value is -7.51. The van der Waals surface area contributed by atoms with E-state index in [0.717, 1.165) is 26.5 Å². The number of phenols is 1. The lowest BCUT2D eigenvalue weighted by Crippen LogP contribution is -2.68. The van der Waals surface area contributed by atoms with Gasteiger partial charge in [-0.1, -0.05) is 67.8 Å². The van der Waals surface area contributed by atoms with Crippen LogP contribution in [0.25, 0.3) is 0 Å². The van der Waals surface area contributed by atoms with Crippen LogP contribution in [0.4, 0.5) is 0 Å². The Morgan fingerprint density at radius 1 is 0.448 bits per heavy atom. The van der Waals surface area contributed by atoms with E-state index < -0.39 is 418 Å². The van der Waals surface area contributed by atoms with E-state index >= 15 is 4.79 Å². The third kappa shape index (κ3) is 28.9. The lowest BCUT2D eigenvalue weighted by atomic mass is 9.95. The van der Waals surface area contributed by atoms with Crippen LogP contribution in [0.1, 0.15) is 78.2 Å². The first-order valence-electron chi connectivity index (χ1n) is 47.2. The molecule has 0 aromatic heterocycles. The van der Waals surface area contributed by atoms with Crippen molar-refractivity contribution in [1.82, 2.24) is 47.4 Å². The molecule has 14 bridgehead atoms. The van der Waals surface area contributed by atoms with Gasteiger partial charge in [0.25, 0.3) is 0 Å². The summed E-state index contributed by atoms with van der Waals surface area (Å²) < 4.78 is 81.8. The number of carbonyl (C=O) groups is 11. The Labute approximate surface area is 834 Å². The summed E-state index contributed by atoms with van der Waals surface area (Å²) in [4.78, 5) is 157. The number of benzene rings is 1.